The van der Waals surface area contributed by atoms with Gasteiger partial charge in [0.25, 0.3) is 0 Å². The van der Waals surface area contributed by atoms with Crippen LogP contribution in [-0.2, 0) is 6.54 Å². The van der Waals surface area contributed by atoms with E-state index in [0.717, 1.165) is 12.1 Å². The topological polar surface area (TPSA) is 86.9 Å². The largest absolute Gasteiger partial charge is 0.465 e. The van der Waals surface area contributed by atoms with Gasteiger partial charge in [-0.15, -0.1) is 0 Å². The zero-order chi connectivity index (χ0) is 15.6. The molecule has 0 saturated carbocycles. The number of amides is 1. The number of halogens is 1. The van der Waals surface area contributed by atoms with Crippen molar-refractivity contribution in [2.24, 2.45) is 0 Å². The molecule has 0 spiro atoms. The van der Waals surface area contributed by atoms with Crippen LogP contribution in [0.2, 0.25) is 0 Å². The van der Waals surface area contributed by atoms with Crippen molar-refractivity contribution in [1.29, 1.82) is 0 Å². The van der Waals surface area contributed by atoms with Gasteiger partial charge >= 0.3 is 11.8 Å². The van der Waals surface area contributed by atoms with Gasteiger partial charge in [0.05, 0.1) is 4.92 Å². The summed E-state index contributed by atoms with van der Waals surface area (Å²) < 4.78 is 13.6. The average molecular weight is 297 g/mol. The van der Waals surface area contributed by atoms with Crippen molar-refractivity contribution in [3.05, 3.63) is 39.7 Å². The van der Waals surface area contributed by atoms with Gasteiger partial charge in [-0.05, 0) is 18.6 Å². The van der Waals surface area contributed by atoms with Gasteiger partial charge in [0.15, 0.2) is 0 Å². The van der Waals surface area contributed by atoms with Crippen LogP contribution in [-0.4, -0.2) is 51.6 Å². The molecule has 8 heteroatoms. The Hall–Kier alpha value is -2.22. The molecule has 1 aromatic carbocycles. The van der Waals surface area contributed by atoms with Crippen molar-refractivity contribution >= 4 is 11.8 Å². The normalized spacial score (nSPS) is 19.5. The van der Waals surface area contributed by atoms with Gasteiger partial charge < -0.3 is 10.0 Å². The molecule has 1 atom stereocenters. The molecule has 1 N–H and O–H groups in total. The van der Waals surface area contributed by atoms with Crippen LogP contribution in [0.1, 0.15) is 12.5 Å². The molecule has 0 aliphatic carbocycles. The van der Waals surface area contributed by atoms with Gasteiger partial charge in [0.2, 0.25) is 5.82 Å². The van der Waals surface area contributed by atoms with Crippen LogP contribution in [0.15, 0.2) is 18.2 Å². The van der Waals surface area contributed by atoms with Crippen LogP contribution >= 0.6 is 0 Å². The molecule has 1 aliphatic heterocycles. The SMILES string of the molecule is C[C@H]1CN(Cc2ccc([N+](=O)[O-])c(F)c2)CCN1C(=O)O. The Bertz CT molecular complexity index is 566. The van der Waals surface area contributed by atoms with E-state index in [-0.39, 0.29) is 6.04 Å². The smallest absolute Gasteiger partial charge is 0.407 e. The summed E-state index contributed by atoms with van der Waals surface area (Å²) in [6, 6.07) is 3.70. The predicted molar refractivity (Wildman–Crippen MR) is 72.5 cm³/mol. The van der Waals surface area contributed by atoms with Crippen molar-refractivity contribution in [3.63, 3.8) is 0 Å². The van der Waals surface area contributed by atoms with Crippen LogP contribution < -0.4 is 0 Å². The fourth-order valence-electron chi connectivity index (χ4n) is 2.52. The second-order valence-corrected chi connectivity index (χ2v) is 5.10. The number of hydrogen-bond donors (Lipinski definition) is 1. The summed E-state index contributed by atoms with van der Waals surface area (Å²) in [6.45, 7) is 3.75. The maximum atomic E-state index is 13.6. The molecule has 0 unspecified atom stereocenters. The molecule has 0 bridgehead atoms. The van der Waals surface area contributed by atoms with E-state index < -0.39 is 22.5 Å². The number of nitro benzene ring substituents is 1. The van der Waals surface area contributed by atoms with E-state index in [0.29, 0.717) is 31.7 Å². The Morgan fingerprint density at radius 3 is 2.76 bits per heavy atom. The lowest BCUT2D eigenvalue weighted by atomic mass is 10.1. The molecule has 1 aromatic rings. The zero-order valence-electron chi connectivity index (χ0n) is 11.5. The van der Waals surface area contributed by atoms with Crippen molar-refractivity contribution in [2.45, 2.75) is 19.5 Å². The number of piperazine rings is 1. The van der Waals surface area contributed by atoms with Crippen molar-refractivity contribution in [3.8, 4) is 0 Å². The molecule has 1 fully saturated rings. The summed E-state index contributed by atoms with van der Waals surface area (Å²) in [5.74, 6) is -0.852. The lowest BCUT2D eigenvalue weighted by Crippen LogP contribution is -2.53. The molecule has 1 aliphatic rings. The minimum absolute atomic E-state index is 0.140. The third kappa shape index (κ3) is 3.46. The first-order chi connectivity index (χ1) is 9.88. The summed E-state index contributed by atoms with van der Waals surface area (Å²) in [6.07, 6.45) is -0.941. The van der Waals surface area contributed by atoms with E-state index in [2.05, 4.69) is 0 Å². The molecule has 2 rings (SSSR count). The van der Waals surface area contributed by atoms with Crippen molar-refractivity contribution in [1.82, 2.24) is 9.80 Å². The van der Waals surface area contributed by atoms with Gasteiger partial charge in [-0.3, -0.25) is 15.0 Å². The number of carbonyl (C=O) groups is 1. The Morgan fingerprint density at radius 1 is 1.52 bits per heavy atom. The van der Waals surface area contributed by atoms with Crippen LogP contribution in [0.25, 0.3) is 0 Å². The first-order valence-corrected chi connectivity index (χ1v) is 6.53. The fourth-order valence-corrected chi connectivity index (χ4v) is 2.52. The number of rotatable bonds is 3. The van der Waals surface area contributed by atoms with Crippen LogP contribution in [0, 0.1) is 15.9 Å². The van der Waals surface area contributed by atoms with Crippen LogP contribution in [0.4, 0.5) is 14.9 Å². The first-order valence-electron chi connectivity index (χ1n) is 6.53. The summed E-state index contributed by atoms with van der Waals surface area (Å²) >= 11 is 0. The number of carboxylic acid groups (broad SMARTS) is 1. The number of benzene rings is 1. The summed E-state index contributed by atoms with van der Waals surface area (Å²) in [5.41, 5.74) is 0.0943. The van der Waals surface area contributed by atoms with Crippen molar-refractivity contribution in [2.75, 3.05) is 19.6 Å². The highest BCUT2D eigenvalue weighted by atomic mass is 19.1. The highest BCUT2D eigenvalue weighted by Gasteiger charge is 2.27. The van der Waals surface area contributed by atoms with Crippen LogP contribution in [0.5, 0.6) is 0 Å². The number of hydrogen-bond acceptors (Lipinski definition) is 4. The molecule has 21 heavy (non-hydrogen) atoms. The molecule has 7 nitrogen and oxygen atoms in total. The number of nitro groups is 1. The predicted octanol–water partition coefficient (Wildman–Crippen LogP) is 1.92. The average Bonchev–Trinajstić information content (AvgIpc) is 2.37. The first kappa shape index (κ1) is 15.2. The van der Waals surface area contributed by atoms with Gasteiger partial charge in [0.1, 0.15) is 0 Å². The van der Waals surface area contributed by atoms with Gasteiger partial charge in [-0.1, -0.05) is 6.07 Å². The van der Waals surface area contributed by atoms with Gasteiger partial charge in [-0.2, -0.15) is 4.39 Å². The molecule has 0 radical (unpaired) electrons. The lowest BCUT2D eigenvalue weighted by molar-refractivity contribution is -0.387. The highest BCUT2D eigenvalue weighted by Crippen LogP contribution is 2.20. The highest BCUT2D eigenvalue weighted by molar-refractivity contribution is 5.65. The third-order valence-corrected chi connectivity index (χ3v) is 3.57. The molecule has 0 aromatic heterocycles. The molecule has 1 saturated heterocycles. The Morgan fingerprint density at radius 2 is 2.24 bits per heavy atom. The van der Waals surface area contributed by atoms with E-state index in [1.165, 1.54) is 11.0 Å². The monoisotopic (exact) mass is 297 g/mol. The Balaban J connectivity index is 2.02. The van der Waals surface area contributed by atoms with E-state index in [1.54, 1.807) is 0 Å². The summed E-state index contributed by atoms with van der Waals surface area (Å²) in [4.78, 5) is 24.1. The van der Waals surface area contributed by atoms with Crippen LogP contribution in [0.3, 0.4) is 0 Å². The second-order valence-electron chi connectivity index (χ2n) is 5.10. The molecule has 1 heterocycles. The number of nitrogens with zero attached hydrogens (tertiary/aromatic N) is 3. The minimum atomic E-state index is -0.941. The quantitative estimate of drug-likeness (QED) is 0.680. The Labute approximate surface area is 120 Å². The van der Waals surface area contributed by atoms with E-state index in [1.807, 2.05) is 11.8 Å². The zero-order valence-corrected chi connectivity index (χ0v) is 11.5. The van der Waals surface area contributed by atoms with Gasteiger partial charge in [-0.25, -0.2) is 4.79 Å². The van der Waals surface area contributed by atoms with Gasteiger partial charge in [0, 0.05) is 38.3 Å². The molecule has 1 amide bonds. The molecule has 114 valence electrons. The maximum Gasteiger partial charge on any atom is 0.407 e. The summed E-state index contributed by atoms with van der Waals surface area (Å²) in [5, 5.41) is 19.6. The van der Waals surface area contributed by atoms with Crippen molar-refractivity contribution < 1.29 is 19.2 Å². The second kappa shape index (κ2) is 6.04. The van der Waals surface area contributed by atoms with E-state index in [9.17, 15) is 19.3 Å². The fraction of sp³-hybridized carbons (Fsp3) is 0.462. The Kier molecular flexibility index (Phi) is 4.37. The maximum absolute atomic E-state index is 13.6. The summed E-state index contributed by atoms with van der Waals surface area (Å²) in [7, 11) is 0. The van der Waals surface area contributed by atoms with E-state index >= 15 is 0 Å². The molecular weight excluding hydrogens is 281 g/mol. The third-order valence-electron chi connectivity index (χ3n) is 3.57. The standard InChI is InChI=1S/C13H16FN3O4/c1-9-7-15(4-5-16(9)13(18)19)8-10-2-3-12(17(20)21)11(14)6-10/h2-3,6,9H,4-5,7-8H2,1H3,(H,18,19)/t9-/m0/s1. The molecular formula is C13H16FN3O4. The minimum Gasteiger partial charge on any atom is -0.465 e. The van der Waals surface area contributed by atoms with E-state index in [4.69, 9.17) is 5.11 Å². The lowest BCUT2D eigenvalue weighted by Gasteiger charge is -2.38.